The van der Waals surface area contributed by atoms with Gasteiger partial charge in [0.2, 0.25) is 58.2 Å². The molecule has 0 atom stereocenters. The quantitative estimate of drug-likeness (QED) is 0.203. The topological polar surface area (TPSA) is 120 Å². The Morgan fingerprint density at radius 2 is 0.773 bits per heavy atom. The van der Waals surface area contributed by atoms with E-state index in [1.807, 2.05) is 0 Å². The van der Waals surface area contributed by atoms with Crippen molar-refractivity contribution in [1.82, 2.24) is 5.32 Å². The normalized spacial score (nSPS) is 15.2. The van der Waals surface area contributed by atoms with E-state index in [0.29, 0.717) is 0 Å². The van der Waals surface area contributed by atoms with Crippen LogP contribution in [0.1, 0.15) is 64.2 Å². The van der Waals surface area contributed by atoms with Gasteiger partial charge in [0.05, 0.1) is 0 Å². The monoisotopic (exact) mass is 736 g/mol. The maximum atomic E-state index is 12.7. The SMILES string of the molecule is C1CCC(NC2CCCCC2)CC1.[O-]B(O)Oc1c(F)c(F)c(F)c(F)c1F.[O-]B([O-])Oc1c(F)c(F)c(F)c(F)c1F.[Ru+3]. The van der Waals surface area contributed by atoms with Gasteiger partial charge in [0, 0.05) is 12.1 Å². The van der Waals surface area contributed by atoms with Crippen LogP contribution in [0.4, 0.5) is 43.9 Å². The summed E-state index contributed by atoms with van der Waals surface area (Å²) < 4.78 is 132. The minimum atomic E-state index is -3.20. The number of halogens is 10. The number of hydrogen-bond acceptors (Lipinski definition) is 7. The molecule has 2 N–H and O–H groups in total. The Bertz CT molecular complexity index is 1080. The van der Waals surface area contributed by atoms with Gasteiger partial charge in [-0.25, -0.2) is 26.3 Å². The summed E-state index contributed by atoms with van der Waals surface area (Å²) in [5, 5.41) is 41.6. The van der Waals surface area contributed by atoms with Crippen LogP contribution in [0, 0.1) is 58.2 Å². The summed E-state index contributed by atoms with van der Waals surface area (Å²) in [7, 11) is -6.14. The molecule has 0 aromatic heterocycles. The van der Waals surface area contributed by atoms with E-state index >= 15 is 0 Å². The van der Waals surface area contributed by atoms with Gasteiger partial charge in [-0.05, 0) is 25.7 Å². The van der Waals surface area contributed by atoms with Crippen molar-refractivity contribution >= 4 is 14.6 Å². The van der Waals surface area contributed by atoms with Gasteiger partial charge in [-0.15, -0.1) is 0 Å². The molecule has 2 aliphatic carbocycles. The summed E-state index contributed by atoms with van der Waals surface area (Å²) in [5.74, 6) is -26.9. The van der Waals surface area contributed by atoms with Gasteiger partial charge < -0.3 is 34.7 Å². The predicted octanol–water partition coefficient (Wildman–Crippen LogP) is 2.80. The zero-order chi connectivity index (χ0) is 32.4. The first-order valence-electron chi connectivity index (χ1n) is 12.9. The Balaban J connectivity index is 0.000000327. The van der Waals surface area contributed by atoms with Crippen LogP contribution >= 0.6 is 0 Å². The van der Waals surface area contributed by atoms with Gasteiger partial charge in [0.15, 0.2) is 11.5 Å². The van der Waals surface area contributed by atoms with Gasteiger partial charge >= 0.3 is 26.8 Å². The van der Waals surface area contributed by atoms with Crippen molar-refractivity contribution in [3.8, 4) is 11.5 Å². The maximum absolute atomic E-state index is 12.7. The molecule has 2 aliphatic rings. The third-order valence-corrected chi connectivity index (χ3v) is 6.45. The van der Waals surface area contributed by atoms with E-state index in [-0.39, 0.29) is 19.5 Å². The van der Waals surface area contributed by atoms with Gasteiger partial charge in [-0.2, -0.15) is 17.6 Å². The second-order valence-electron chi connectivity index (χ2n) is 9.47. The maximum Gasteiger partial charge on any atom is 3.00 e. The van der Waals surface area contributed by atoms with E-state index in [0.717, 1.165) is 12.1 Å². The molecule has 0 unspecified atom stereocenters. The van der Waals surface area contributed by atoms with Gasteiger partial charge in [-0.1, -0.05) is 38.5 Å². The van der Waals surface area contributed by atoms with Crippen molar-refractivity contribution in [3.05, 3.63) is 58.2 Å². The molecule has 0 amide bonds. The summed E-state index contributed by atoms with van der Waals surface area (Å²) in [5.41, 5.74) is 0. The minimum absolute atomic E-state index is 0. The fourth-order valence-corrected chi connectivity index (χ4v) is 4.45. The summed E-state index contributed by atoms with van der Waals surface area (Å²) >= 11 is 0. The summed E-state index contributed by atoms with van der Waals surface area (Å²) in [6, 6.07) is 1.74. The van der Waals surface area contributed by atoms with Crippen molar-refractivity contribution in [2.75, 3.05) is 0 Å². The third kappa shape index (κ3) is 11.1. The standard InChI is InChI=1S/C12H23N.C6HBF5O3.C6BF5O3.Ru/c1-3-7-11(8-4-1)13-12-9-5-2-6-10-12;2*8-1-2(9)4(11)6(15-7(13)14)5(12)3(1)10;/h11-13H,1-10H2;13H;;/q;-1;-2;+3. The second kappa shape index (κ2) is 18.8. The van der Waals surface area contributed by atoms with E-state index in [9.17, 15) is 59.0 Å². The van der Waals surface area contributed by atoms with Crippen molar-refractivity contribution < 1.29 is 92.8 Å². The van der Waals surface area contributed by atoms with E-state index in [1.54, 1.807) is 0 Å². The average molecular weight is 735 g/mol. The Kier molecular flexibility index (Phi) is 17.0. The number of rotatable bonds is 6. The second-order valence-corrected chi connectivity index (χ2v) is 9.47. The molecule has 44 heavy (non-hydrogen) atoms. The van der Waals surface area contributed by atoms with Crippen LogP contribution < -0.4 is 29.7 Å². The molecule has 2 aromatic carbocycles. The van der Waals surface area contributed by atoms with Crippen molar-refractivity contribution in [3.63, 3.8) is 0 Å². The van der Waals surface area contributed by atoms with Crippen LogP contribution in [0.2, 0.25) is 0 Å². The third-order valence-electron chi connectivity index (χ3n) is 6.45. The molecule has 0 bridgehead atoms. The first-order valence-corrected chi connectivity index (χ1v) is 12.9. The molecule has 2 saturated carbocycles. The number of hydrogen-bond donors (Lipinski definition) is 2. The van der Waals surface area contributed by atoms with E-state index in [4.69, 9.17) is 5.02 Å². The van der Waals surface area contributed by atoms with Crippen molar-refractivity contribution in [1.29, 1.82) is 0 Å². The van der Waals surface area contributed by atoms with Gasteiger partial charge in [0.1, 0.15) is 7.32 Å². The predicted molar refractivity (Wildman–Crippen MR) is 124 cm³/mol. The minimum Gasteiger partial charge on any atom is -0.860 e. The summed E-state index contributed by atoms with van der Waals surface area (Å²) in [6.07, 6.45) is 14.6. The molecule has 0 spiro atoms. The van der Waals surface area contributed by atoms with E-state index in [1.165, 1.54) is 64.2 Å². The molecule has 2 fully saturated rings. The summed E-state index contributed by atoms with van der Waals surface area (Å²) in [4.78, 5) is 0. The molecule has 4 rings (SSSR count). The van der Waals surface area contributed by atoms with Gasteiger partial charge in [0.25, 0.3) is 0 Å². The molecule has 7 nitrogen and oxygen atoms in total. The van der Waals surface area contributed by atoms with Crippen molar-refractivity contribution in [2.24, 2.45) is 0 Å². The molecular weight excluding hydrogens is 711 g/mol. The molecule has 20 heteroatoms. The molecule has 0 heterocycles. The van der Waals surface area contributed by atoms with Gasteiger partial charge in [-0.3, -0.25) is 0 Å². The van der Waals surface area contributed by atoms with Crippen LogP contribution in [-0.2, 0) is 19.5 Å². The Morgan fingerprint density at radius 1 is 0.500 bits per heavy atom. The van der Waals surface area contributed by atoms with Crippen LogP contribution in [0.5, 0.6) is 11.5 Å². The van der Waals surface area contributed by atoms with E-state index in [2.05, 4.69) is 14.6 Å². The Hall–Kier alpha value is -2.11. The van der Waals surface area contributed by atoms with Crippen molar-refractivity contribution in [2.45, 2.75) is 76.3 Å². The van der Waals surface area contributed by atoms with Crippen LogP contribution in [0.3, 0.4) is 0 Å². The first kappa shape index (κ1) is 39.9. The Labute approximate surface area is 258 Å². The molecule has 0 saturated heterocycles. The summed E-state index contributed by atoms with van der Waals surface area (Å²) in [6.45, 7) is 0. The average Bonchev–Trinajstić information content (AvgIpc) is 2.99. The first-order chi connectivity index (χ1) is 20.2. The zero-order valence-corrected chi connectivity index (χ0v) is 24.2. The molecule has 2 aromatic rings. The smallest absolute Gasteiger partial charge is 0.860 e. The van der Waals surface area contributed by atoms with Crippen LogP contribution in [-0.4, -0.2) is 31.8 Å². The van der Waals surface area contributed by atoms with Crippen LogP contribution in [0.25, 0.3) is 0 Å². The fraction of sp³-hybridized carbons (Fsp3) is 0.500. The number of nitrogens with one attached hydrogen (secondary N) is 1. The van der Waals surface area contributed by atoms with Crippen LogP contribution in [0.15, 0.2) is 0 Å². The molecule has 1 radical (unpaired) electrons. The fourth-order valence-electron chi connectivity index (χ4n) is 4.45. The largest absolute Gasteiger partial charge is 3.00 e. The van der Waals surface area contributed by atoms with E-state index < -0.39 is 84.3 Å². The molecule has 0 aliphatic heterocycles. The molecule has 245 valence electrons. The number of benzene rings is 2. The molecular formula is C24H24B2F10NO6Ru. The Morgan fingerprint density at radius 3 is 1.05 bits per heavy atom. The zero-order valence-electron chi connectivity index (χ0n) is 22.5.